The number of para-hydroxylation sites is 1. The van der Waals surface area contributed by atoms with Crippen molar-refractivity contribution >= 4 is 5.91 Å². The van der Waals surface area contributed by atoms with Crippen molar-refractivity contribution in [2.45, 2.75) is 32.2 Å². The molecule has 1 amide bonds. The molecule has 0 fully saturated rings. The summed E-state index contributed by atoms with van der Waals surface area (Å²) in [5.41, 5.74) is 1.08. The van der Waals surface area contributed by atoms with E-state index in [-0.39, 0.29) is 18.6 Å². The van der Waals surface area contributed by atoms with E-state index in [0.717, 1.165) is 17.7 Å². The summed E-state index contributed by atoms with van der Waals surface area (Å²) in [5, 5.41) is 11.6. The van der Waals surface area contributed by atoms with Gasteiger partial charge in [0, 0.05) is 19.1 Å². The van der Waals surface area contributed by atoms with E-state index < -0.39 is 0 Å². The Morgan fingerprint density at radius 3 is 2.83 bits per heavy atom. The van der Waals surface area contributed by atoms with Gasteiger partial charge in [-0.2, -0.15) is 0 Å². The van der Waals surface area contributed by atoms with Crippen LogP contribution in [0.1, 0.15) is 25.3 Å². The molecule has 18 heavy (non-hydrogen) atoms. The molecule has 0 saturated heterocycles. The number of hydrogen-bond donors (Lipinski definition) is 2. The van der Waals surface area contributed by atoms with Gasteiger partial charge in [0.1, 0.15) is 5.75 Å². The van der Waals surface area contributed by atoms with Crippen molar-refractivity contribution in [3.8, 4) is 5.75 Å². The highest BCUT2D eigenvalue weighted by Gasteiger charge is 2.10. The van der Waals surface area contributed by atoms with Crippen molar-refractivity contribution in [2.75, 3.05) is 13.7 Å². The van der Waals surface area contributed by atoms with Gasteiger partial charge in [-0.05, 0) is 31.4 Å². The van der Waals surface area contributed by atoms with Gasteiger partial charge in [-0.3, -0.25) is 4.79 Å². The van der Waals surface area contributed by atoms with Gasteiger partial charge in [-0.1, -0.05) is 18.2 Å². The Morgan fingerprint density at radius 1 is 1.44 bits per heavy atom. The van der Waals surface area contributed by atoms with E-state index in [2.05, 4.69) is 5.32 Å². The van der Waals surface area contributed by atoms with Crippen LogP contribution in [0.25, 0.3) is 0 Å². The van der Waals surface area contributed by atoms with Crippen molar-refractivity contribution in [1.29, 1.82) is 0 Å². The smallest absolute Gasteiger partial charge is 0.220 e. The quantitative estimate of drug-likeness (QED) is 0.772. The zero-order valence-electron chi connectivity index (χ0n) is 11.0. The van der Waals surface area contributed by atoms with Crippen molar-refractivity contribution in [2.24, 2.45) is 0 Å². The second kappa shape index (κ2) is 7.71. The lowest BCUT2D eigenvalue weighted by atomic mass is 10.1. The number of aliphatic hydroxyl groups excluding tert-OH is 1. The second-order valence-electron chi connectivity index (χ2n) is 4.31. The number of amides is 1. The van der Waals surface area contributed by atoms with Crippen LogP contribution >= 0.6 is 0 Å². The Kier molecular flexibility index (Phi) is 6.22. The molecule has 1 unspecified atom stereocenters. The van der Waals surface area contributed by atoms with E-state index in [9.17, 15) is 4.79 Å². The number of methoxy groups -OCH3 is 1. The molecule has 100 valence electrons. The van der Waals surface area contributed by atoms with Gasteiger partial charge in [0.15, 0.2) is 0 Å². The fourth-order valence-electron chi connectivity index (χ4n) is 1.84. The van der Waals surface area contributed by atoms with E-state index in [1.807, 2.05) is 31.2 Å². The zero-order chi connectivity index (χ0) is 13.4. The van der Waals surface area contributed by atoms with Gasteiger partial charge >= 0.3 is 0 Å². The SMILES string of the molecule is COc1ccccc1CC(C)NC(=O)CCCO. The summed E-state index contributed by atoms with van der Waals surface area (Å²) in [4.78, 5) is 11.5. The molecule has 1 rings (SSSR count). The predicted molar refractivity (Wildman–Crippen MR) is 70.6 cm³/mol. The Bertz CT molecular complexity index is 379. The number of benzene rings is 1. The van der Waals surface area contributed by atoms with Gasteiger partial charge in [0.05, 0.1) is 7.11 Å². The number of rotatable bonds is 7. The average molecular weight is 251 g/mol. The first kappa shape index (κ1) is 14.5. The van der Waals surface area contributed by atoms with Gasteiger partial charge in [-0.15, -0.1) is 0 Å². The lowest BCUT2D eigenvalue weighted by molar-refractivity contribution is -0.121. The Morgan fingerprint density at radius 2 is 2.17 bits per heavy atom. The van der Waals surface area contributed by atoms with Crippen LogP contribution in [0, 0.1) is 0 Å². The van der Waals surface area contributed by atoms with Gasteiger partial charge in [0.2, 0.25) is 5.91 Å². The lowest BCUT2D eigenvalue weighted by Gasteiger charge is -2.15. The third-order valence-electron chi connectivity index (χ3n) is 2.69. The summed E-state index contributed by atoms with van der Waals surface area (Å²) in [6, 6.07) is 7.84. The van der Waals surface area contributed by atoms with E-state index >= 15 is 0 Å². The van der Waals surface area contributed by atoms with Crippen LogP contribution in [0.3, 0.4) is 0 Å². The summed E-state index contributed by atoms with van der Waals surface area (Å²) < 4.78 is 5.27. The van der Waals surface area contributed by atoms with Crippen LogP contribution in [0.15, 0.2) is 24.3 Å². The van der Waals surface area contributed by atoms with Crippen LogP contribution in [-0.4, -0.2) is 30.8 Å². The largest absolute Gasteiger partial charge is 0.496 e. The van der Waals surface area contributed by atoms with Crippen LogP contribution in [0.2, 0.25) is 0 Å². The van der Waals surface area contributed by atoms with E-state index in [4.69, 9.17) is 9.84 Å². The van der Waals surface area contributed by atoms with Crippen LogP contribution in [0.4, 0.5) is 0 Å². The Hall–Kier alpha value is -1.55. The molecular formula is C14H21NO3. The molecule has 4 heteroatoms. The Balaban J connectivity index is 2.48. The highest BCUT2D eigenvalue weighted by molar-refractivity contribution is 5.76. The van der Waals surface area contributed by atoms with Crippen molar-refractivity contribution < 1.29 is 14.6 Å². The molecule has 0 aliphatic rings. The third-order valence-corrected chi connectivity index (χ3v) is 2.69. The fourth-order valence-corrected chi connectivity index (χ4v) is 1.84. The number of nitrogens with one attached hydrogen (secondary N) is 1. The first-order valence-electron chi connectivity index (χ1n) is 6.19. The van der Waals surface area contributed by atoms with Crippen molar-refractivity contribution in [1.82, 2.24) is 5.32 Å². The molecule has 0 radical (unpaired) electrons. The van der Waals surface area contributed by atoms with Crippen LogP contribution in [0.5, 0.6) is 5.75 Å². The summed E-state index contributed by atoms with van der Waals surface area (Å²) in [7, 11) is 1.64. The summed E-state index contributed by atoms with van der Waals surface area (Å²) in [6.45, 7) is 2.01. The maximum Gasteiger partial charge on any atom is 0.220 e. The molecule has 0 aromatic heterocycles. The summed E-state index contributed by atoms with van der Waals surface area (Å²) in [5.74, 6) is 0.820. The predicted octanol–water partition coefficient (Wildman–Crippen LogP) is 1.51. The lowest BCUT2D eigenvalue weighted by Crippen LogP contribution is -2.34. The molecule has 4 nitrogen and oxygen atoms in total. The van der Waals surface area contributed by atoms with E-state index in [1.54, 1.807) is 7.11 Å². The van der Waals surface area contributed by atoms with Crippen molar-refractivity contribution in [3.63, 3.8) is 0 Å². The molecule has 1 aromatic carbocycles. The molecule has 0 aliphatic carbocycles. The highest BCUT2D eigenvalue weighted by Crippen LogP contribution is 2.18. The normalized spacial score (nSPS) is 11.9. The number of carbonyl (C=O) groups is 1. The van der Waals surface area contributed by atoms with Gasteiger partial charge < -0.3 is 15.2 Å². The fraction of sp³-hybridized carbons (Fsp3) is 0.500. The summed E-state index contributed by atoms with van der Waals surface area (Å²) >= 11 is 0. The van der Waals surface area contributed by atoms with E-state index in [1.165, 1.54) is 0 Å². The molecular weight excluding hydrogens is 230 g/mol. The van der Waals surface area contributed by atoms with E-state index in [0.29, 0.717) is 12.8 Å². The molecule has 1 atom stereocenters. The Labute approximate surface area is 108 Å². The molecule has 0 bridgehead atoms. The topological polar surface area (TPSA) is 58.6 Å². The third kappa shape index (κ3) is 4.75. The number of hydrogen-bond acceptors (Lipinski definition) is 3. The minimum Gasteiger partial charge on any atom is -0.496 e. The second-order valence-corrected chi connectivity index (χ2v) is 4.31. The molecule has 0 spiro atoms. The average Bonchev–Trinajstić information content (AvgIpc) is 2.36. The first-order valence-corrected chi connectivity index (χ1v) is 6.19. The molecule has 0 heterocycles. The summed E-state index contributed by atoms with van der Waals surface area (Å²) in [6.07, 6.45) is 1.61. The standard InChI is InChI=1S/C14H21NO3/c1-11(15-14(17)8-5-9-16)10-12-6-3-4-7-13(12)18-2/h3-4,6-7,11,16H,5,8-10H2,1-2H3,(H,15,17). The van der Waals surface area contributed by atoms with Gasteiger partial charge in [-0.25, -0.2) is 0 Å². The van der Waals surface area contributed by atoms with Crippen LogP contribution < -0.4 is 10.1 Å². The number of carbonyl (C=O) groups excluding carboxylic acids is 1. The molecule has 0 saturated carbocycles. The van der Waals surface area contributed by atoms with Gasteiger partial charge in [0.25, 0.3) is 0 Å². The maximum absolute atomic E-state index is 11.5. The zero-order valence-corrected chi connectivity index (χ0v) is 11.0. The minimum absolute atomic E-state index is 0.0218. The van der Waals surface area contributed by atoms with Crippen LogP contribution in [-0.2, 0) is 11.2 Å². The maximum atomic E-state index is 11.5. The number of aliphatic hydroxyl groups is 1. The highest BCUT2D eigenvalue weighted by atomic mass is 16.5. The molecule has 0 aliphatic heterocycles. The monoisotopic (exact) mass is 251 g/mol. The first-order chi connectivity index (χ1) is 8.67. The molecule has 2 N–H and O–H groups in total. The van der Waals surface area contributed by atoms with Crippen molar-refractivity contribution in [3.05, 3.63) is 29.8 Å². The minimum atomic E-state index is -0.0218. The molecule has 1 aromatic rings. The number of ether oxygens (including phenoxy) is 1.